The highest BCUT2D eigenvalue weighted by molar-refractivity contribution is 9.08. The first kappa shape index (κ1) is 16.5. The fourth-order valence-corrected chi connectivity index (χ4v) is 2.33. The topological polar surface area (TPSA) is 55.4 Å². The SMILES string of the molecule is COC(=O)c1cc(CBr)ccc1NC(=O)c1ccc(Cl)cc1. The lowest BCUT2D eigenvalue weighted by molar-refractivity contribution is 0.0602. The Morgan fingerprint density at radius 2 is 1.86 bits per heavy atom. The van der Waals surface area contributed by atoms with Gasteiger partial charge in [-0.15, -0.1) is 0 Å². The third-order valence-corrected chi connectivity index (χ3v) is 3.90. The highest BCUT2D eigenvalue weighted by Crippen LogP contribution is 2.21. The first-order valence-electron chi connectivity index (χ1n) is 6.39. The number of methoxy groups -OCH3 is 1. The number of hydrogen-bond acceptors (Lipinski definition) is 3. The quantitative estimate of drug-likeness (QED) is 0.634. The third kappa shape index (κ3) is 3.87. The molecule has 0 bridgehead atoms. The van der Waals surface area contributed by atoms with E-state index in [1.807, 2.05) is 6.07 Å². The molecule has 0 aromatic heterocycles. The molecular weight excluding hydrogens is 370 g/mol. The van der Waals surface area contributed by atoms with Crippen LogP contribution in [0.5, 0.6) is 0 Å². The first-order chi connectivity index (χ1) is 10.5. The van der Waals surface area contributed by atoms with Crippen LogP contribution in [-0.4, -0.2) is 19.0 Å². The Bertz CT molecular complexity index is 701. The van der Waals surface area contributed by atoms with Gasteiger partial charge in [-0.2, -0.15) is 0 Å². The summed E-state index contributed by atoms with van der Waals surface area (Å²) >= 11 is 9.13. The largest absolute Gasteiger partial charge is 0.465 e. The molecule has 114 valence electrons. The summed E-state index contributed by atoms with van der Waals surface area (Å²) in [5.74, 6) is -0.831. The molecule has 1 N–H and O–H groups in total. The lowest BCUT2D eigenvalue weighted by Crippen LogP contribution is -2.15. The van der Waals surface area contributed by atoms with Crippen molar-refractivity contribution in [1.82, 2.24) is 0 Å². The molecule has 0 saturated heterocycles. The molecule has 0 aliphatic carbocycles. The zero-order chi connectivity index (χ0) is 16.1. The highest BCUT2D eigenvalue weighted by atomic mass is 79.9. The monoisotopic (exact) mass is 381 g/mol. The van der Waals surface area contributed by atoms with Gasteiger partial charge in [-0.25, -0.2) is 4.79 Å². The fourth-order valence-electron chi connectivity index (χ4n) is 1.86. The molecule has 6 heteroatoms. The van der Waals surface area contributed by atoms with Crippen LogP contribution in [0.2, 0.25) is 5.02 Å². The van der Waals surface area contributed by atoms with Crippen LogP contribution < -0.4 is 5.32 Å². The molecule has 0 heterocycles. The summed E-state index contributed by atoms with van der Waals surface area (Å²) in [5.41, 5.74) is 2.06. The van der Waals surface area contributed by atoms with Crippen LogP contribution in [0.15, 0.2) is 42.5 Å². The summed E-state index contributed by atoms with van der Waals surface area (Å²) < 4.78 is 4.76. The number of ether oxygens (including phenoxy) is 1. The van der Waals surface area contributed by atoms with Crippen molar-refractivity contribution < 1.29 is 14.3 Å². The zero-order valence-corrected chi connectivity index (χ0v) is 14.1. The molecule has 4 nitrogen and oxygen atoms in total. The molecule has 0 radical (unpaired) electrons. The van der Waals surface area contributed by atoms with Crippen LogP contribution >= 0.6 is 27.5 Å². The number of hydrogen-bond donors (Lipinski definition) is 1. The van der Waals surface area contributed by atoms with Crippen LogP contribution in [-0.2, 0) is 10.1 Å². The predicted molar refractivity (Wildman–Crippen MR) is 89.8 cm³/mol. The summed E-state index contributed by atoms with van der Waals surface area (Å²) in [6, 6.07) is 11.7. The second kappa shape index (κ2) is 7.42. The highest BCUT2D eigenvalue weighted by Gasteiger charge is 2.15. The second-order valence-corrected chi connectivity index (χ2v) is 5.46. The van der Waals surface area contributed by atoms with Gasteiger partial charge in [-0.05, 0) is 42.0 Å². The van der Waals surface area contributed by atoms with Crippen LogP contribution in [0, 0.1) is 0 Å². The van der Waals surface area contributed by atoms with E-state index >= 15 is 0 Å². The first-order valence-corrected chi connectivity index (χ1v) is 7.89. The average Bonchev–Trinajstić information content (AvgIpc) is 2.55. The lowest BCUT2D eigenvalue weighted by atomic mass is 10.1. The zero-order valence-electron chi connectivity index (χ0n) is 11.7. The van der Waals surface area contributed by atoms with Gasteiger partial charge < -0.3 is 10.1 Å². The molecule has 22 heavy (non-hydrogen) atoms. The molecule has 2 aromatic carbocycles. The number of anilines is 1. The Morgan fingerprint density at radius 3 is 2.45 bits per heavy atom. The van der Waals surface area contributed by atoms with Crippen molar-refractivity contribution >= 4 is 45.1 Å². The number of carbonyl (C=O) groups excluding carboxylic acids is 2. The second-order valence-electron chi connectivity index (χ2n) is 4.47. The minimum Gasteiger partial charge on any atom is -0.465 e. The van der Waals surface area contributed by atoms with Crippen LogP contribution in [0.3, 0.4) is 0 Å². The summed E-state index contributed by atoms with van der Waals surface area (Å²) in [4.78, 5) is 24.1. The number of halogens is 2. The van der Waals surface area contributed by atoms with E-state index in [9.17, 15) is 9.59 Å². The third-order valence-electron chi connectivity index (χ3n) is 3.00. The normalized spacial score (nSPS) is 10.1. The molecule has 2 aromatic rings. The molecule has 0 saturated carbocycles. The Hall–Kier alpha value is -1.85. The molecule has 0 aliphatic rings. The molecule has 2 rings (SSSR count). The van der Waals surface area contributed by atoms with E-state index in [-0.39, 0.29) is 5.91 Å². The summed E-state index contributed by atoms with van der Waals surface area (Å²) in [7, 11) is 1.30. The van der Waals surface area contributed by atoms with Gasteiger partial charge in [-0.1, -0.05) is 33.6 Å². The summed E-state index contributed by atoms with van der Waals surface area (Å²) in [5, 5.41) is 3.86. The van der Waals surface area contributed by atoms with Crippen molar-refractivity contribution in [2.24, 2.45) is 0 Å². The fraction of sp³-hybridized carbons (Fsp3) is 0.125. The van der Waals surface area contributed by atoms with Crippen molar-refractivity contribution in [3.63, 3.8) is 0 Å². The van der Waals surface area contributed by atoms with E-state index in [1.165, 1.54) is 7.11 Å². The van der Waals surface area contributed by atoms with Gasteiger partial charge in [0.05, 0.1) is 18.4 Å². The Labute approximate surface area is 141 Å². The van der Waals surface area contributed by atoms with Gasteiger partial charge >= 0.3 is 5.97 Å². The van der Waals surface area contributed by atoms with Crippen molar-refractivity contribution in [3.05, 3.63) is 64.2 Å². The number of nitrogens with one attached hydrogen (secondary N) is 1. The van der Waals surface area contributed by atoms with E-state index in [4.69, 9.17) is 16.3 Å². The molecule has 0 spiro atoms. The van der Waals surface area contributed by atoms with E-state index < -0.39 is 5.97 Å². The molecule has 0 aliphatic heterocycles. The predicted octanol–water partition coefficient (Wildman–Crippen LogP) is 4.27. The number of carbonyl (C=O) groups is 2. The number of benzene rings is 2. The van der Waals surface area contributed by atoms with Crippen LogP contribution in [0.4, 0.5) is 5.69 Å². The Balaban J connectivity index is 2.30. The number of alkyl halides is 1. The number of rotatable bonds is 4. The summed E-state index contributed by atoms with van der Waals surface area (Å²) in [6.07, 6.45) is 0. The molecule has 0 unspecified atom stereocenters. The Morgan fingerprint density at radius 1 is 1.18 bits per heavy atom. The van der Waals surface area contributed by atoms with Gasteiger partial charge in [0.25, 0.3) is 5.91 Å². The smallest absolute Gasteiger partial charge is 0.339 e. The minimum atomic E-state index is -0.505. The maximum Gasteiger partial charge on any atom is 0.339 e. The Kier molecular flexibility index (Phi) is 5.57. The molecule has 0 atom stereocenters. The van der Waals surface area contributed by atoms with Gasteiger partial charge in [0, 0.05) is 15.9 Å². The minimum absolute atomic E-state index is 0.307. The number of amides is 1. The van der Waals surface area contributed by atoms with Crippen LogP contribution in [0.1, 0.15) is 26.3 Å². The van der Waals surface area contributed by atoms with E-state index in [0.717, 1.165) is 5.56 Å². The van der Waals surface area contributed by atoms with Gasteiger partial charge in [0.15, 0.2) is 0 Å². The van der Waals surface area contributed by atoms with Crippen molar-refractivity contribution in [2.75, 3.05) is 12.4 Å². The van der Waals surface area contributed by atoms with E-state index in [0.29, 0.717) is 27.2 Å². The van der Waals surface area contributed by atoms with E-state index in [2.05, 4.69) is 21.2 Å². The summed E-state index contributed by atoms with van der Waals surface area (Å²) in [6.45, 7) is 0. The maximum atomic E-state index is 12.2. The van der Waals surface area contributed by atoms with Crippen molar-refractivity contribution in [1.29, 1.82) is 0 Å². The van der Waals surface area contributed by atoms with Crippen molar-refractivity contribution in [3.8, 4) is 0 Å². The lowest BCUT2D eigenvalue weighted by Gasteiger charge is -2.11. The number of esters is 1. The average molecular weight is 383 g/mol. The molecular formula is C16H13BrClNO3. The van der Waals surface area contributed by atoms with Crippen LogP contribution in [0.25, 0.3) is 0 Å². The van der Waals surface area contributed by atoms with Gasteiger partial charge in [0.2, 0.25) is 0 Å². The van der Waals surface area contributed by atoms with Gasteiger partial charge in [0.1, 0.15) is 0 Å². The van der Waals surface area contributed by atoms with Crippen molar-refractivity contribution in [2.45, 2.75) is 5.33 Å². The standard InChI is InChI=1S/C16H13BrClNO3/c1-22-16(21)13-8-10(9-17)2-7-14(13)19-15(20)11-3-5-12(18)6-4-11/h2-8H,9H2,1H3,(H,19,20). The maximum absolute atomic E-state index is 12.2. The van der Waals surface area contributed by atoms with E-state index in [1.54, 1.807) is 36.4 Å². The molecule has 0 fully saturated rings. The molecule has 1 amide bonds. The van der Waals surface area contributed by atoms with Gasteiger partial charge in [-0.3, -0.25) is 4.79 Å².